The third-order valence-corrected chi connectivity index (χ3v) is 3.78. The number of halogens is 3. The molecule has 1 saturated heterocycles. The molecule has 6 heteroatoms. The van der Waals surface area contributed by atoms with Crippen molar-refractivity contribution in [1.82, 2.24) is 10.2 Å². The van der Waals surface area contributed by atoms with Gasteiger partial charge in [-0.05, 0) is 31.0 Å². The zero-order valence-electron chi connectivity index (χ0n) is 12.3. The zero-order chi connectivity index (χ0) is 15.5. The smallest absolute Gasteiger partial charge is 0.401 e. The summed E-state index contributed by atoms with van der Waals surface area (Å²) in [4.78, 5) is 1.46. The first-order valence-corrected chi connectivity index (χ1v) is 7.06. The van der Waals surface area contributed by atoms with Crippen molar-refractivity contribution in [3.63, 3.8) is 0 Å². The SMILES string of the molecule is COc1ccc(C(C)NC2CCN(CC(F)(F)F)C2)cc1. The number of ether oxygens (including phenoxy) is 1. The van der Waals surface area contributed by atoms with E-state index < -0.39 is 12.7 Å². The maximum absolute atomic E-state index is 12.4. The molecule has 1 fully saturated rings. The average Bonchev–Trinajstić information content (AvgIpc) is 2.83. The van der Waals surface area contributed by atoms with E-state index in [0.717, 1.165) is 17.7 Å². The summed E-state index contributed by atoms with van der Waals surface area (Å²) >= 11 is 0. The van der Waals surface area contributed by atoms with E-state index in [0.29, 0.717) is 13.1 Å². The molecular weight excluding hydrogens is 281 g/mol. The molecule has 1 N–H and O–H groups in total. The van der Waals surface area contributed by atoms with Gasteiger partial charge >= 0.3 is 6.18 Å². The minimum absolute atomic E-state index is 0.101. The van der Waals surface area contributed by atoms with Crippen LogP contribution < -0.4 is 10.1 Å². The first-order valence-electron chi connectivity index (χ1n) is 7.06. The maximum Gasteiger partial charge on any atom is 0.401 e. The van der Waals surface area contributed by atoms with Crippen molar-refractivity contribution < 1.29 is 17.9 Å². The van der Waals surface area contributed by atoms with Gasteiger partial charge in [-0.2, -0.15) is 13.2 Å². The van der Waals surface area contributed by atoms with Crippen molar-refractivity contribution >= 4 is 0 Å². The van der Waals surface area contributed by atoms with Crippen molar-refractivity contribution in [2.75, 3.05) is 26.7 Å². The number of rotatable bonds is 5. The van der Waals surface area contributed by atoms with Crippen molar-refractivity contribution in [1.29, 1.82) is 0 Å². The first kappa shape index (κ1) is 16.1. The molecule has 0 amide bonds. The molecule has 0 aliphatic carbocycles. The van der Waals surface area contributed by atoms with Gasteiger partial charge in [0.2, 0.25) is 0 Å². The molecule has 0 radical (unpaired) electrons. The highest BCUT2D eigenvalue weighted by atomic mass is 19.4. The number of likely N-dealkylation sites (tertiary alicyclic amines) is 1. The van der Waals surface area contributed by atoms with Crippen molar-refractivity contribution in [2.24, 2.45) is 0 Å². The van der Waals surface area contributed by atoms with Crippen LogP contribution in [-0.2, 0) is 0 Å². The van der Waals surface area contributed by atoms with Crippen LogP contribution in [0.15, 0.2) is 24.3 Å². The highest BCUT2D eigenvalue weighted by molar-refractivity contribution is 5.28. The van der Waals surface area contributed by atoms with Crippen LogP contribution in [0.2, 0.25) is 0 Å². The van der Waals surface area contributed by atoms with Gasteiger partial charge in [0.25, 0.3) is 0 Å². The predicted octanol–water partition coefficient (Wildman–Crippen LogP) is 2.98. The lowest BCUT2D eigenvalue weighted by molar-refractivity contribution is -0.143. The summed E-state index contributed by atoms with van der Waals surface area (Å²) in [5.74, 6) is 0.795. The van der Waals surface area contributed by atoms with Crippen LogP contribution in [0.25, 0.3) is 0 Å². The second-order valence-electron chi connectivity index (χ2n) is 5.50. The average molecular weight is 302 g/mol. The molecule has 1 aliphatic rings. The molecule has 0 bridgehead atoms. The van der Waals surface area contributed by atoms with E-state index in [1.807, 2.05) is 31.2 Å². The van der Waals surface area contributed by atoms with Gasteiger partial charge < -0.3 is 10.1 Å². The van der Waals surface area contributed by atoms with Crippen LogP contribution in [0.4, 0.5) is 13.2 Å². The van der Waals surface area contributed by atoms with Crippen LogP contribution in [0.5, 0.6) is 5.75 Å². The number of hydrogen-bond acceptors (Lipinski definition) is 3. The fourth-order valence-electron chi connectivity index (χ4n) is 2.71. The van der Waals surface area contributed by atoms with Gasteiger partial charge in [-0.1, -0.05) is 12.1 Å². The van der Waals surface area contributed by atoms with E-state index in [9.17, 15) is 13.2 Å². The Morgan fingerprint density at radius 1 is 1.33 bits per heavy atom. The molecule has 2 atom stereocenters. The summed E-state index contributed by atoms with van der Waals surface area (Å²) in [6.45, 7) is 2.14. The fraction of sp³-hybridized carbons (Fsp3) is 0.600. The van der Waals surface area contributed by atoms with Crippen LogP contribution in [-0.4, -0.2) is 43.9 Å². The van der Waals surface area contributed by atoms with E-state index in [1.165, 1.54) is 4.90 Å². The second kappa shape index (κ2) is 6.66. The number of methoxy groups -OCH3 is 1. The van der Waals surface area contributed by atoms with Crippen LogP contribution in [0.1, 0.15) is 24.9 Å². The quantitative estimate of drug-likeness (QED) is 0.905. The molecular formula is C15H21F3N2O. The zero-order valence-corrected chi connectivity index (χ0v) is 12.3. The van der Waals surface area contributed by atoms with Gasteiger partial charge in [0.05, 0.1) is 13.7 Å². The Morgan fingerprint density at radius 3 is 2.57 bits per heavy atom. The van der Waals surface area contributed by atoms with Crippen molar-refractivity contribution in [3.05, 3.63) is 29.8 Å². The Kier molecular flexibility index (Phi) is 5.11. The Balaban J connectivity index is 1.84. The van der Waals surface area contributed by atoms with E-state index in [-0.39, 0.29) is 12.1 Å². The number of hydrogen-bond donors (Lipinski definition) is 1. The molecule has 1 aromatic carbocycles. The molecule has 3 nitrogen and oxygen atoms in total. The summed E-state index contributed by atoms with van der Waals surface area (Å²) in [7, 11) is 1.62. The van der Waals surface area contributed by atoms with Crippen LogP contribution in [0.3, 0.4) is 0 Å². The molecule has 0 saturated carbocycles. The molecule has 1 heterocycles. The lowest BCUT2D eigenvalue weighted by atomic mass is 10.1. The molecule has 1 aromatic rings. The monoisotopic (exact) mass is 302 g/mol. The summed E-state index contributed by atoms with van der Waals surface area (Å²) in [5, 5.41) is 3.40. The molecule has 21 heavy (non-hydrogen) atoms. The molecule has 0 spiro atoms. The van der Waals surface area contributed by atoms with Crippen molar-refractivity contribution in [2.45, 2.75) is 31.6 Å². The van der Waals surface area contributed by atoms with Crippen LogP contribution in [0, 0.1) is 0 Å². The third-order valence-electron chi connectivity index (χ3n) is 3.78. The molecule has 1 aliphatic heterocycles. The summed E-state index contributed by atoms with van der Waals surface area (Å²) < 4.78 is 42.2. The molecule has 118 valence electrons. The lowest BCUT2D eigenvalue weighted by Crippen LogP contribution is -2.37. The van der Waals surface area contributed by atoms with Crippen LogP contribution >= 0.6 is 0 Å². The fourth-order valence-corrected chi connectivity index (χ4v) is 2.71. The van der Waals surface area contributed by atoms with Gasteiger partial charge in [0, 0.05) is 25.2 Å². The lowest BCUT2D eigenvalue weighted by Gasteiger charge is -2.21. The second-order valence-corrected chi connectivity index (χ2v) is 5.50. The van der Waals surface area contributed by atoms with Crippen molar-refractivity contribution in [3.8, 4) is 5.75 Å². The third kappa shape index (κ3) is 4.89. The van der Waals surface area contributed by atoms with E-state index in [1.54, 1.807) is 7.11 Å². The number of benzene rings is 1. The summed E-state index contributed by atoms with van der Waals surface area (Å²) in [6, 6.07) is 7.92. The molecule has 0 aromatic heterocycles. The molecule has 2 rings (SSSR count). The largest absolute Gasteiger partial charge is 0.497 e. The van der Waals surface area contributed by atoms with Gasteiger partial charge in [0.1, 0.15) is 5.75 Å². The van der Waals surface area contributed by atoms with Gasteiger partial charge in [0.15, 0.2) is 0 Å². The van der Waals surface area contributed by atoms with E-state index in [2.05, 4.69) is 5.32 Å². The minimum atomic E-state index is -4.11. The van der Waals surface area contributed by atoms with Gasteiger partial charge in [-0.25, -0.2) is 0 Å². The van der Waals surface area contributed by atoms with Gasteiger partial charge in [-0.15, -0.1) is 0 Å². The number of nitrogens with zero attached hydrogens (tertiary/aromatic N) is 1. The predicted molar refractivity (Wildman–Crippen MR) is 75.4 cm³/mol. The van der Waals surface area contributed by atoms with E-state index >= 15 is 0 Å². The highest BCUT2D eigenvalue weighted by Crippen LogP contribution is 2.22. The Labute approximate surface area is 123 Å². The highest BCUT2D eigenvalue weighted by Gasteiger charge is 2.34. The Bertz CT molecular complexity index is 447. The topological polar surface area (TPSA) is 24.5 Å². The Hall–Kier alpha value is -1.27. The number of alkyl halides is 3. The minimum Gasteiger partial charge on any atom is -0.497 e. The maximum atomic E-state index is 12.4. The summed E-state index contributed by atoms with van der Waals surface area (Å²) in [5.41, 5.74) is 1.10. The van der Waals surface area contributed by atoms with Gasteiger partial charge in [-0.3, -0.25) is 4.90 Å². The first-order chi connectivity index (χ1) is 9.87. The summed E-state index contributed by atoms with van der Waals surface area (Å²) in [6.07, 6.45) is -3.37. The van der Waals surface area contributed by atoms with E-state index in [4.69, 9.17) is 4.74 Å². The number of nitrogens with one attached hydrogen (secondary N) is 1. The Morgan fingerprint density at radius 2 is 2.00 bits per heavy atom. The standard InChI is InChI=1S/C15H21F3N2O/c1-11(12-3-5-14(21-2)6-4-12)19-13-7-8-20(9-13)10-15(16,17)18/h3-6,11,13,19H,7-10H2,1-2H3. The molecule has 2 unspecified atom stereocenters. The normalized spacial score (nSPS) is 21.5.